The first kappa shape index (κ1) is 16.0. The average molecular weight is 357 g/mol. The van der Waals surface area contributed by atoms with Crippen LogP contribution in [0.4, 0.5) is 10.1 Å². The van der Waals surface area contributed by atoms with Crippen LogP contribution in [0.1, 0.15) is 16.2 Å². The standard InChI is InChI=1S/C17H12FN3O5/c18-10-2-3-11-14(6-10)26-15(19-11)7-21-12-5-9(17(23)20-24)1-4-13(12)25-8-16(21)22/h1-6,24H,7-8H2,(H,20,23). The molecule has 0 fully saturated rings. The molecule has 0 spiro atoms. The number of oxazole rings is 1. The fourth-order valence-electron chi connectivity index (χ4n) is 2.73. The van der Waals surface area contributed by atoms with E-state index in [-0.39, 0.29) is 36.1 Å². The van der Waals surface area contributed by atoms with Crippen LogP contribution in [0.5, 0.6) is 5.75 Å². The van der Waals surface area contributed by atoms with Gasteiger partial charge in [-0.2, -0.15) is 0 Å². The zero-order valence-electron chi connectivity index (χ0n) is 13.2. The first-order chi connectivity index (χ1) is 12.5. The summed E-state index contributed by atoms with van der Waals surface area (Å²) >= 11 is 0. The molecular weight excluding hydrogens is 345 g/mol. The predicted molar refractivity (Wildman–Crippen MR) is 86.3 cm³/mol. The van der Waals surface area contributed by atoms with E-state index in [1.807, 2.05) is 0 Å². The smallest absolute Gasteiger partial charge is 0.274 e. The number of nitrogens with one attached hydrogen (secondary N) is 1. The highest BCUT2D eigenvalue weighted by Gasteiger charge is 2.28. The van der Waals surface area contributed by atoms with Crippen molar-refractivity contribution in [3.8, 4) is 5.75 Å². The minimum absolute atomic E-state index is 0.0182. The topological polar surface area (TPSA) is 105 Å². The highest BCUT2D eigenvalue weighted by atomic mass is 19.1. The maximum absolute atomic E-state index is 13.3. The van der Waals surface area contributed by atoms with E-state index in [0.29, 0.717) is 17.0 Å². The molecule has 2 heterocycles. The first-order valence-corrected chi connectivity index (χ1v) is 7.62. The third-order valence-electron chi connectivity index (χ3n) is 3.95. The van der Waals surface area contributed by atoms with E-state index in [4.69, 9.17) is 14.4 Å². The summed E-state index contributed by atoms with van der Waals surface area (Å²) in [5.74, 6) is -0.909. The largest absolute Gasteiger partial charge is 0.482 e. The number of carbonyl (C=O) groups is 2. The molecule has 4 rings (SSSR count). The molecular formula is C17H12FN3O5. The van der Waals surface area contributed by atoms with Gasteiger partial charge in [-0.3, -0.25) is 19.7 Å². The molecule has 0 saturated carbocycles. The van der Waals surface area contributed by atoms with Crippen LogP contribution >= 0.6 is 0 Å². The Morgan fingerprint density at radius 3 is 2.96 bits per heavy atom. The Balaban J connectivity index is 1.71. The van der Waals surface area contributed by atoms with Crippen LogP contribution < -0.4 is 15.1 Å². The Bertz CT molecular complexity index is 1030. The van der Waals surface area contributed by atoms with Crippen molar-refractivity contribution in [2.75, 3.05) is 11.5 Å². The van der Waals surface area contributed by atoms with Crippen LogP contribution in [0.25, 0.3) is 11.1 Å². The van der Waals surface area contributed by atoms with Gasteiger partial charge in [0.1, 0.15) is 23.6 Å². The number of rotatable bonds is 3. The molecule has 0 saturated heterocycles. The second kappa shape index (κ2) is 6.12. The van der Waals surface area contributed by atoms with Gasteiger partial charge in [0, 0.05) is 11.6 Å². The molecule has 2 N–H and O–H groups in total. The third-order valence-corrected chi connectivity index (χ3v) is 3.95. The lowest BCUT2D eigenvalue weighted by Gasteiger charge is -2.28. The molecule has 3 aromatic rings. The van der Waals surface area contributed by atoms with E-state index in [0.717, 1.165) is 0 Å². The van der Waals surface area contributed by atoms with Crippen molar-refractivity contribution in [2.45, 2.75) is 6.54 Å². The third kappa shape index (κ3) is 2.74. The molecule has 1 aliphatic heterocycles. The van der Waals surface area contributed by atoms with Crippen molar-refractivity contribution in [3.05, 3.63) is 53.7 Å². The molecule has 0 bridgehead atoms. The maximum atomic E-state index is 13.3. The van der Waals surface area contributed by atoms with Gasteiger partial charge in [-0.05, 0) is 30.3 Å². The Labute approximate surface area is 145 Å². The summed E-state index contributed by atoms with van der Waals surface area (Å²) < 4.78 is 24.2. The number of hydrogen-bond donors (Lipinski definition) is 2. The van der Waals surface area contributed by atoms with E-state index in [9.17, 15) is 14.0 Å². The van der Waals surface area contributed by atoms with Crippen molar-refractivity contribution < 1.29 is 28.3 Å². The number of anilines is 1. The van der Waals surface area contributed by atoms with E-state index in [2.05, 4.69) is 4.98 Å². The highest BCUT2D eigenvalue weighted by Crippen LogP contribution is 2.34. The number of halogens is 1. The van der Waals surface area contributed by atoms with Crippen molar-refractivity contribution in [2.24, 2.45) is 0 Å². The Kier molecular flexibility index (Phi) is 3.77. The molecule has 0 atom stereocenters. The second-order valence-electron chi connectivity index (χ2n) is 5.61. The number of fused-ring (bicyclic) bond motifs is 2. The summed E-state index contributed by atoms with van der Waals surface area (Å²) in [6, 6.07) is 8.37. The molecule has 132 valence electrons. The highest BCUT2D eigenvalue weighted by molar-refractivity contribution is 6.00. The number of hydroxylamine groups is 1. The minimum atomic E-state index is -0.719. The lowest BCUT2D eigenvalue weighted by Crippen LogP contribution is -2.38. The summed E-state index contributed by atoms with van der Waals surface area (Å²) in [6.07, 6.45) is 0. The van der Waals surface area contributed by atoms with E-state index >= 15 is 0 Å². The van der Waals surface area contributed by atoms with Crippen LogP contribution in [-0.4, -0.2) is 28.6 Å². The molecule has 0 unspecified atom stereocenters. The average Bonchev–Trinajstić information content (AvgIpc) is 3.04. The van der Waals surface area contributed by atoms with E-state index in [1.165, 1.54) is 46.8 Å². The summed E-state index contributed by atoms with van der Waals surface area (Å²) in [6.45, 7) is -0.191. The minimum Gasteiger partial charge on any atom is -0.482 e. The van der Waals surface area contributed by atoms with E-state index in [1.54, 1.807) is 0 Å². The number of benzene rings is 2. The second-order valence-corrected chi connectivity index (χ2v) is 5.61. The number of nitrogens with zero attached hydrogens (tertiary/aromatic N) is 2. The van der Waals surface area contributed by atoms with Gasteiger partial charge in [0.2, 0.25) is 5.89 Å². The van der Waals surface area contributed by atoms with Gasteiger partial charge in [0.15, 0.2) is 12.2 Å². The number of hydrogen-bond acceptors (Lipinski definition) is 6. The van der Waals surface area contributed by atoms with Crippen LogP contribution in [0.15, 0.2) is 40.8 Å². The molecule has 0 aliphatic carbocycles. The van der Waals surface area contributed by atoms with Crippen LogP contribution in [-0.2, 0) is 11.3 Å². The van der Waals surface area contributed by atoms with Crippen molar-refractivity contribution >= 4 is 28.6 Å². The van der Waals surface area contributed by atoms with Crippen molar-refractivity contribution in [3.63, 3.8) is 0 Å². The zero-order valence-corrected chi connectivity index (χ0v) is 13.2. The Hall–Kier alpha value is -3.46. The number of ether oxygens (including phenoxy) is 1. The normalized spacial score (nSPS) is 13.5. The number of amides is 2. The van der Waals surface area contributed by atoms with Gasteiger partial charge < -0.3 is 9.15 Å². The van der Waals surface area contributed by atoms with Crippen LogP contribution in [0, 0.1) is 5.82 Å². The Morgan fingerprint density at radius 1 is 1.31 bits per heavy atom. The molecule has 2 amide bonds. The van der Waals surface area contributed by atoms with Crippen molar-refractivity contribution in [1.29, 1.82) is 0 Å². The fraction of sp³-hybridized carbons (Fsp3) is 0.118. The summed E-state index contributed by atoms with van der Waals surface area (Å²) in [5.41, 5.74) is 2.77. The monoisotopic (exact) mass is 357 g/mol. The summed E-state index contributed by atoms with van der Waals surface area (Å²) in [7, 11) is 0. The first-order valence-electron chi connectivity index (χ1n) is 7.62. The van der Waals surface area contributed by atoms with Crippen LogP contribution in [0.3, 0.4) is 0 Å². The van der Waals surface area contributed by atoms with Gasteiger partial charge in [-0.15, -0.1) is 0 Å². The SMILES string of the molecule is O=C(NO)c1ccc2c(c1)N(Cc1nc3ccc(F)cc3o1)C(=O)CO2. The van der Waals surface area contributed by atoms with Gasteiger partial charge in [-0.1, -0.05) is 0 Å². The van der Waals surface area contributed by atoms with Gasteiger partial charge in [0.25, 0.3) is 11.8 Å². The van der Waals surface area contributed by atoms with E-state index < -0.39 is 11.7 Å². The van der Waals surface area contributed by atoms with Gasteiger partial charge >= 0.3 is 0 Å². The fourth-order valence-corrected chi connectivity index (χ4v) is 2.73. The summed E-state index contributed by atoms with van der Waals surface area (Å²) in [5, 5.41) is 8.78. The predicted octanol–water partition coefficient (Wildman–Crippen LogP) is 2.01. The molecule has 8 nitrogen and oxygen atoms in total. The lowest BCUT2D eigenvalue weighted by molar-refractivity contribution is -0.121. The summed E-state index contributed by atoms with van der Waals surface area (Å²) in [4.78, 5) is 29.5. The zero-order chi connectivity index (χ0) is 18.3. The van der Waals surface area contributed by atoms with Crippen molar-refractivity contribution in [1.82, 2.24) is 10.5 Å². The quantitative estimate of drug-likeness (QED) is 0.549. The molecule has 26 heavy (non-hydrogen) atoms. The Morgan fingerprint density at radius 2 is 2.15 bits per heavy atom. The number of aromatic nitrogens is 1. The number of carbonyl (C=O) groups excluding carboxylic acids is 2. The van der Waals surface area contributed by atoms with Gasteiger partial charge in [0.05, 0.1) is 5.69 Å². The molecule has 1 aliphatic rings. The maximum Gasteiger partial charge on any atom is 0.274 e. The molecule has 2 aromatic carbocycles. The van der Waals surface area contributed by atoms with Gasteiger partial charge in [-0.25, -0.2) is 14.9 Å². The molecule has 1 aromatic heterocycles. The lowest BCUT2D eigenvalue weighted by atomic mass is 10.1. The van der Waals surface area contributed by atoms with Crippen LogP contribution in [0.2, 0.25) is 0 Å². The molecule has 9 heteroatoms. The molecule has 0 radical (unpaired) electrons.